The average molecular weight is 237 g/mol. The molecule has 4 N–H and O–H groups in total. The Morgan fingerprint density at radius 1 is 1.53 bits per heavy atom. The van der Waals surface area contributed by atoms with Crippen LogP contribution in [0, 0.1) is 5.82 Å². The molecule has 1 saturated carbocycles. The fraction of sp³-hybridized carbons (Fsp3) is 0.417. The number of carbonyl (C=O) groups is 1. The molecular formula is C12H16FN3O. The summed E-state index contributed by atoms with van der Waals surface area (Å²) >= 11 is 0. The second-order valence-corrected chi connectivity index (χ2v) is 4.39. The zero-order valence-electron chi connectivity index (χ0n) is 9.66. The molecule has 1 aliphatic carbocycles. The molecule has 1 aliphatic rings. The predicted molar refractivity (Wildman–Crippen MR) is 65.1 cm³/mol. The van der Waals surface area contributed by atoms with E-state index in [1.807, 2.05) is 0 Å². The quantitative estimate of drug-likeness (QED) is 0.695. The average Bonchev–Trinajstić information content (AvgIpc) is 3.06. The van der Waals surface area contributed by atoms with Crippen LogP contribution in [0.25, 0.3) is 0 Å². The number of carbonyl (C=O) groups excluding carboxylic acids is 1. The first-order valence-corrected chi connectivity index (χ1v) is 5.68. The summed E-state index contributed by atoms with van der Waals surface area (Å²) in [6, 6.07) is 4.20. The number of anilines is 2. The number of halogens is 1. The van der Waals surface area contributed by atoms with Crippen LogP contribution < -0.4 is 16.4 Å². The van der Waals surface area contributed by atoms with Gasteiger partial charge >= 0.3 is 0 Å². The molecule has 0 heterocycles. The predicted octanol–water partition coefficient (Wildman–Crippen LogP) is 1.49. The van der Waals surface area contributed by atoms with Crippen LogP contribution in [0.5, 0.6) is 0 Å². The van der Waals surface area contributed by atoms with Gasteiger partial charge in [0, 0.05) is 11.7 Å². The summed E-state index contributed by atoms with van der Waals surface area (Å²) in [7, 11) is 0. The second-order valence-electron chi connectivity index (χ2n) is 4.39. The third kappa shape index (κ3) is 3.09. The molecule has 5 heteroatoms. The molecule has 0 bridgehead atoms. The molecule has 1 atom stereocenters. The molecule has 1 aromatic rings. The lowest BCUT2D eigenvalue weighted by Gasteiger charge is -2.15. The molecule has 4 nitrogen and oxygen atoms in total. The van der Waals surface area contributed by atoms with Crippen molar-refractivity contribution in [1.29, 1.82) is 0 Å². The maximum atomic E-state index is 13.5. The summed E-state index contributed by atoms with van der Waals surface area (Å²) in [5.74, 6) is -0.556. The molecule has 1 aromatic carbocycles. The van der Waals surface area contributed by atoms with Crippen LogP contribution in [-0.2, 0) is 4.79 Å². The van der Waals surface area contributed by atoms with Gasteiger partial charge in [-0.2, -0.15) is 0 Å². The van der Waals surface area contributed by atoms with E-state index < -0.39 is 11.9 Å². The van der Waals surface area contributed by atoms with Crippen LogP contribution in [0.1, 0.15) is 19.8 Å². The minimum Gasteiger partial charge on any atom is -0.399 e. The maximum Gasteiger partial charge on any atom is 0.242 e. The largest absolute Gasteiger partial charge is 0.399 e. The van der Waals surface area contributed by atoms with Crippen LogP contribution in [0.3, 0.4) is 0 Å². The Hall–Kier alpha value is -1.78. The monoisotopic (exact) mass is 237 g/mol. The summed E-state index contributed by atoms with van der Waals surface area (Å²) in [5.41, 5.74) is 6.10. The molecule has 0 spiro atoms. The molecule has 2 rings (SSSR count). The first-order chi connectivity index (χ1) is 8.06. The SMILES string of the molecule is CC(Nc1ccc(N)cc1F)C(=O)NC1CC1. The lowest BCUT2D eigenvalue weighted by molar-refractivity contribution is -0.121. The van der Waals surface area contributed by atoms with Crippen LogP contribution >= 0.6 is 0 Å². The van der Waals surface area contributed by atoms with Gasteiger partial charge in [0.1, 0.15) is 11.9 Å². The lowest BCUT2D eigenvalue weighted by atomic mass is 10.2. The number of hydrogen-bond donors (Lipinski definition) is 3. The Kier molecular flexibility index (Phi) is 3.17. The zero-order chi connectivity index (χ0) is 12.4. The molecule has 92 valence electrons. The fourth-order valence-corrected chi connectivity index (χ4v) is 1.50. The van der Waals surface area contributed by atoms with Crippen LogP contribution in [0.15, 0.2) is 18.2 Å². The van der Waals surface area contributed by atoms with Crippen molar-refractivity contribution in [2.75, 3.05) is 11.1 Å². The number of rotatable bonds is 4. The summed E-state index contributed by atoms with van der Waals surface area (Å²) in [5, 5.41) is 5.68. The normalized spacial score (nSPS) is 16.4. The number of amides is 1. The van der Waals surface area contributed by atoms with Crippen LogP contribution in [0.4, 0.5) is 15.8 Å². The molecule has 0 aliphatic heterocycles. The van der Waals surface area contributed by atoms with Crippen molar-refractivity contribution in [3.63, 3.8) is 0 Å². The highest BCUT2D eigenvalue weighted by molar-refractivity contribution is 5.84. The molecular weight excluding hydrogens is 221 g/mol. The highest BCUT2D eigenvalue weighted by atomic mass is 19.1. The highest BCUT2D eigenvalue weighted by Crippen LogP contribution is 2.20. The number of nitrogens with two attached hydrogens (primary N) is 1. The van der Waals surface area contributed by atoms with E-state index in [1.54, 1.807) is 13.0 Å². The first kappa shape index (κ1) is 11.7. The third-order valence-corrected chi connectivity index (χ3v) is 2.68. The van der Waals surface area contributed by atoms with Crippen LogP contribution in [-0.4, -0.2) is 18.0 Å². The lowest BCUT2D eigenvalue weighted by Crippen LogP contribution is -2.38. The first-order valence-electron chi connectivity index (χ1n) is 5.68. The topological polar surface area (TPSA) is 67.1 Å². The summed E-state index contributed by atoms with van der Waals surface area (Å²) in [4.78, 5) is 11.7. The van der Waals surface area contributed by atoms with Gasteiger partial charge in [-0.1, -0.05) is 0 Å². The van der Waals surface area contributed by atoms with Crippen molar-refractivity contribution < 1.29 is 9.18 Å². The van der Waals surface area contributed by atoms with Crippen LogP contribution in [0.2, 0.25) is 0 Å². The second kappa shape index (κ2) is 4.61. The smallest absolute Gasteiger partial charge is 0.242 e. The van der Waals surface area contributed by atoms with E-state index in [4.69, 9.17) is 5.73 Å². The van der Waals surface area contributed by atoms with Gasteiger partial charge in [-0.05, 0) is 38.0 Å². The summed E-state index contributed by atoms with van der Waals surface area (Å²) < 4.78 is 13.5. The molecule has 1 fully saturated rings. The number of nitrogens with one attached hydrogen (secondary N) is 2. The van der Waals surface area contributed by atoms with Crippen molar-refractivity contribution in [3.05, 3.63) is 24.0 Å². The standard InChI is InChI=1S/C12H16FN3O/c1-7(12(17)16-9-3-4-9)15-11-5-2-8(14)6-10(11)13/h2,5-7,9,15H,3-4,14H2,1H3,(H,16,17). The van der Waals surface area contributed by atoms with Crippen molar-refractivity contribution in [1.82, 2.24) is 5.32 Å². The van der Waals surface area contributed by atoms with E-state index in [0.717, 1.165) is 12.8 Å². The Balaban J connectivity index is 1.96. The fourth-order valence-electron chi connectivity index (χ4n) is 1.50. The Morgan fingerprint density at radius 2 is 2.24 bits per heavy atom. The summed E-state index contributed by atoms with van der Waals surface area (Å²) in [6.45, 7) is 1.70. The van der Waals surface area contributed by atoms with Gasteiger partial charge < -0.3 is 16.4 Å². The molecule has 0 radical (unpaired) electrons. The molecule has 0 saturated heterocycles. The molecule has 1 amide bonds. The van der Waals surface area contributed by atoms with Crippen molar-refractivity contribution in [2.45, 2.75) is 31.8 Å². The van der Waals surface area contributed by atoms with Gasteiger partial charge in [-0.25, -0.2) is 4.39 Å². The van der Waals surface area contributed by atoms with Gasteiger partial charge in [0.05, 0.1) is 5.69 Å². The van der Waals surface area contributed by atoms with Gasteiger partial charge in [-0.15, -0.1) is 0 Å². The minimum atomic E-state index is -0.464. The zero-order valence-corrected chi connectivity index (χ0v) is 9.66. The van der Waals surface area contributed by atoms with Gasteiger partial charge in [0.15, 0.2) is 0 Å². The Morgan fingerprint density at radius 3 is 2.82 bits per heavy atom. The minimum absolute atomic E-state index is 0.108. The van der Waals surface area contributed by atoms with E-state index in [-0.39, 0.29) is 11.6 Å². The third-order valence-electron chi connectivity index (χ3n) is 2.68. The molecule has 0 aromatic heterocycles. The maximum absolute atomic E-state index is 13.5. The number of benzene rings is 1. The Labute approximate surface area is 99.4 Å². The van der Waals surface area contributed by atoms with E-state index in [9.17, 15) is 9.18 Å². The molecule has 1 unspecified atom stereocenters. The van der Waals surface area contributed by atoms with Gasteiger partial charge in [0.2, 0.25) is 5.91 Å². The Bertz CT molecular complexity index is 432. The van der Waals surface area contributed by atoms with Gasteiger partial charge in [-0.3, -0.25) is 4.79 Å². The van der Waals surface area contributed by atoms with Crippen molar-refractivity contribution in [2.24, 2.45) is 0 Å². The van der Waals surface area contributed by atoms with Gasteiger partial charge in [0.25, 0.3) is 0 Å². The van der Waals surface area contributed by atoms with E-state index in [1.165, 1.54) is 12.1 Å². The van der Waals surface area contributed by atoms with E-state index in [2.05, 4.69) is 10.6 Å². The molecule has 17 heavy (non-hydrogen) atoms. The van der Waals surface area contributed by atoms with Crippen molar-refractivity contribution >= 4 is 17.3 Å². The van der Waals surface area contributed by atoms with E-state index in [0.29, 0.717) is 11.7 Å². The number of nitrogen functional groups attached to an aromatic ring is 1. The van der Waals surface area contributed by atoms with E-state index >= 15 is 0 Å². The summed E-state index contributed by atoms with van der Waals surface area (Å²) in [6.07, 6.45) is 2.07. The van der Waals surface area contributed by atoms with Crippen molar-refractivity contribution in [3.8, 4) is 0 Å². The highest BCUT2D eigenvalue weighted by Gasteiger charge is 2.25. The number of hydrogen-bond acceptors (Lipinski definition) is 3.